The molecule has 1 atom stereocenters. The lowest BCUT2D eigenvalue weighted by Gasteiger charge is -2.29. The number of ketones is 1. The fourth-order valence-corrected chi connectivity index (χ4v) is 4.56. The highest BCUT2D eigenvalue weighted by Gasteiger charge is 2.29. The molecule has 222 valence electrons. The highest BCUT2D eigenvalue weighted by atomic mass is 19.1. The van der Waals surface area contributed by atoms with Gasteiger partial charge >= 0.3 is 5.97 Å². The van der Waals surface area contributed by atoms with E-state index in [4.69, 9.17) is 4.74 Å². The molecular formula is C35H35FN2O5. The highest BCUT2D eigenvalue weighted by Crippen LogP contribution is 2.26. The van der Waals surface area contributed by atoms with Gasteiger partial charge in [-0.25, -0.2) is 9.18 Å². The quantitative estimate of drug-likeness (QED) is 0.182. The number of aliphatic carboxylic acids is 1. The Bertz CT molecular complexity index is 1570. The van der Waals surface area contributed by atoms with Crippen LogP contribution in [0.4, 0.5) is 15.8 Å². The monoisotopic (exact) mass is 582 g/mol. The van der Waals surface area contributed by atoms with E-state index in [1.807, 2.05) is 6.07 Å². The fraction of sp³-hybridized carbons (Fsp3) is 0.229. The maximum Gasteiger partial charge on any atom is 0.326 e. The summed E-state index contributed by atoms with van der Waals surface area (Å²) < 4.78 is 20.4. The predicted octanol–water partition coefficient (Wildman–Crippen LogP) is 6.62. The number of carboxylic acids is 1. The standard InChI is InChI=1S/C35H35FN2O5/c1-35(2,3)34(42)38(31-16-10-8-14-28(31)36)21-22-43-26-19-17-24(18-20-26)23-30(33(40)41)37-29-15-9-7-13-27(29)32(39)25-11-5-4-6-12-25/h4-20,30,37H,21-23H2,1-3H3,(H,40,41). The van der Waals surface area contributed by atoms with Crippen molar-refractivity contribution < 1.29 is 28.6 Å². The van der Waals surface area contributed by atoms with E-state index in [1.54, 1.807) is 112 Å². The van der Waals surface area contributed by atoms with Crippen molar-refractivity contribution in [2.24, 2.45) is 5.41 Å². The zero-order valence-corrected chi connectivity index (χ0v) is 24.4. The first kappa shape index (κ1) is 31.0. The Kier molecular flexibility index (Phi) is 9.93. The van der Waals surface area contributed by atoms with E-state index >= 15 is 0 Å². The Morgan fingerprint density at radius 1 is 0.860 bits per heavy atom. The van der Waals surface area contributed by atoms with Crippen LogP contribution in [0.1, 0.15) is 42.3 Å². The van der Waals surface area contributed by atoms with E-state index in [-0.39, 0.29) is 37.0 Å². The summed E-state index contributed by atoms with van der Waals surface area (Å²) in [7, 11) is 0. The minimum Gasteiger partial charge on any atom is -0.492 e. The summed E-state index contributed by atoms with van der Waals surface area (Å²) in [5, 5.41) is 13.0. The second kappa shape index (κ2) is 13.8. The Morgan fingerprint density at radius 2 is 1.49 bits per heavy atom. The SMILES string of the molecule is CC(C)(C)C(=O)N(CCOc1ccc(CC(Nc2ccccc2C(=O)c2ccccc2)C(=O)O)cc1)c1ccccc1F. The van der Waals surface area contributed by atoms with E-state index in [1.165, 1.54) is 11.0 Å². The van der Waals surface area contributed by atoms with Gasteiger partial charge in [0.05, 0.1) is 12.2 Å². The van der Waals surface area contributed by atoms with Crippen LogP contribution in [-0.4, -0.2) is 42.0 Å². The lowest BCUT2D eigenvalue weighted by atomic mass is 9.94. The first-order valence-corrected chi connectivity index (χ1v) is 14.0. The molecule has 43 heavy (non-hydrogen) atoms. The molecule has 1 unspecified atom stereocenters. The minimum atomic E-state index is -1.06. The van der Waals surface area contributed by atoms with Crippen LogP contribution < -0.4 is 15.0 Å². The lowest BCUT2D eigenvalue weighted by molar-refractivity contribution is -0.137. The Hall–Kier alpha value is -4.98. The number of carbonyl (C=O) groups excluding carboxylic acids is 2. The molecule has 0 aliphatic heterocycles. The molecule has 4 aromatic rings. The second-order valence-corrected chi connectivity index (χ2v) is 11.1. The van der Waals surface area contributed by atoms with Gasteiger partial charge < -0.3 is 20.1 Å². The van der Waals surface area contributed by atoms with Crippen molar-refractivity contribution in [2.75, 3.05) is 23.4 Å². The Labute approximate surface area is 250 Å². The van der Waals surface area contributed by atoms with Crippen molar-refractivity contribution >= 4 is 29.0 Å². The normalized spacial score (nSPS) is 11.8. The van der Waals surface area contributed by atoms with Gasteiger partial charge in [0.15, 0.2) is 5.78 Å². The maximum atomic E-state index is 14.5. The van der Waals surface area contributed by atoms with Crippen LogP contribution in [-0.2, 0) is 16.0 Å². The molecule has 8 heteroatoms. The smallest absolute Gasteiger partial charge is 0.326 e. The number of rotatable bonds is 12. The number of benzene rings is 4. The molecule has 0 spiro atoms. The number of amides is 1. The summed E-state index contributed by atoms with van der Waals surface area (Å²) in [5.74, 6) is -1.45. The summed E-state index contributed by atoms with van der Waals surface area (Å²) in [5.41, 5.74) is 1.56. The third-order valence-corrected chi connectivity index (χ3v) is 6.81. The summed E-state index contributed by atoms with van der Waals surface area (Å²) in [6.45, 7) is 5.61. The molecule has 4 rings (SSSR count). The molecular weight excluding hydrogens is 547 g/mol. The molecule has 0 fully saturated rings. The highest BCUT2D eigenvalue weighted by molar-refractivity contribution is 6.12. The van der Waals surface area contributed by atoms with Crippen LogP contribution in [0.2, 0.25) is 0 Å². The first-order valence-electron chi connectivity index (χ1n) is 14.0. The number of nitrogens with zero attached hydrogens (tertiary/aromatic N) is 1. The number of carboxylic acid groups (broad SMARTS) is 1. The minimum absolute atomic E-state index is 0.126. The Morgan fingerprint density at radius 3 is 2.14 bits per heavy atom. The number of hydrogen-bond acceptors (Lipinski definition) is 5. The van der Waals surface area contributed by atoms with Crippen molar-refractivity contribution in [2.45, 2.75) is 33.2 Å². The van der Waals surface area contributed by atoms with Crippen molar-refractivity contribution in [3.05, 3.63) is 126 Å². The summed E-state index contributed by atoms with van der Waals surface area (Å²) >= 11 is 0. The van der Waals surface area contributed by atoms with Crippen LogP contribution in [0, 0.1) is 11.2 Å². The summed E-state index contributed by atoms with van der Waals surface area (Å²) in [4.78, 5) is 39.7. The van der Waals surface area contributed by atoms with Gasteiger partial charge in [0.2, 0.25) is 5.91 Å². The molecule has 0 radical (unpaired) electrons. The molecule has 0 saturated carbocycles. The van der Waals surface area contributed by atoms with Gasteiger partial charge in [0.25, 0.3) is 0 Å². The van der Waals surface area contributed by atoms with Gasteiger partial charge in [-0.05, 0) is 42.0 Å². The molecule has 7 nitrogen and oxygen atoms in total. The van der Waals surface area contributed by atoms with E-state index in [9.17, 15) is 23.9 Å². The van der Waals surface area contributed by atoms with Crippen LogP contribution in [0.5, 0.6) is 5.75 Å². The zero-order valence-electron chi connectivity index (χ0n) is 24.4. The number of para-hydroxylation sites is 2. The van der Waals surface area contributed by atoms with E-state index in [2.05, 4.69) is 5.32 Å². The average Bonchev–Trinajstić information content (AvgIpc) is 3.00. The number of anilines is 2. The van der Waals surface area contributed by atoms with Gasteiger partial charge in [-0.2, -0.15) is 0 Å². The third kappa shape index (κ3) is 8.07. The Balaban J connectivity index is 1.41. The fourth-order valence-electron chi connectivity index (χ4n) is 4.56. The maximum absolute atomic E-state index is 14.5. The second-order valence-electron chi connectivity index (χ2n) is 11.1. The molecule has 0 heterocycles. The van der Waals surface area contributed by atoms with Crippen molar-refractivity contribution in [3.8, 4) is 5.75 Å². The molecule has 0 aliphatic carbocycles. The van der Waals surface area contributed by atoms with Crippen LogP contribution in [0.3, 0.4) is 0 Å². The number of carbonyl (C=O) groups is 3. The number of halogens is 1. The van der Waals surface area contributed by atoms with E-state index < -0.39 is 23.2 Å². The van der Waals surface area contributed by atoms with Gasteiger partial charge in [-0.15, -0.1) is 0 Å². The van der Waals surface area contributed by atoms with E-state index in [0.717, 1.165) is 5.56 Å². The lowest BCUT2D eigenvalue weighted by Crippen LogP contribution is -2.42. The number of hydrogen-bond donors (Lipinski definition) is 2. The van der Waals surface area contributed by atoms with Gasteiger partial charge in [0, 0.05) is 28.7 Å². The first-order chi connectivity index (χ1) is 20.5. The third-order valence-electron chi connectivity index (χ3n) is 6.81. The number of ether oxygens (including phenoxy) is 1. The topological polar surface area (TPSA) is 95.9 Å². The zero-order chi connectivity index (χ0) is 31.0. The summed E-state index contributed by atoms with van der Waals surface area (Å²) in [6, 6.07) is 27.8. The molecule has 2 N–H and O–H groups in total. The van der Waals surface area contributed by atoms with Crippen LogP contribution in [0.15, 0.2) is 103 Å². The van der Waals surface area contributed by atoms with Gasteiger partial charge in [0.1, 0.15) is 24.2 Å². The van der Waals surface area contributed by atoms with Crippen LogP contribution >= 0.6 is 0 Å². The number of nitrogens with one attached hydrogen (secondary N) is 1. The molecule has 0 aromatic heterocycles. The van der Waals surface area contributed by atoms with Crippen molar-refractivity contribution in [3.63, 3.8) is 0 Å². The summed E-state index contributed by atoms with van der Waals surface area (Å²) in [6.07, 6.45) is 0.157. The van der Waals surface area contributed by atoms with Gasteiger partial charge in [-0.3, -0.25) is 9.59 Å². The molecule has 0 saturated heterocycles. The van der Waals surface area contributed by atoms with Crippen LogP contribution in [0.25, 0.3) is 0 Å². The van der Waals surface area contributed by atoms with E-state index in [0.29, 0.717) is 22.6 Å². The van der Waals surface area contributed by atoms with Crippen molar-refractivity contribution in [1.82, 2.24) is 0 Å². The van der Waals surface area contributed by atoms with Gasteiger partial charge in [-0.1, -0.05) is 87.5 Å². The molecule has 4 aromatic carbocycles. The van der Waals surface area contributed by atoms with Crippen molar-refractivity contribution in [1.29, 1.82) is 0 Å². The average molecular weight is 583 g/mol. The predicted molar refractivity (Wildman–Crippen MR) is 165 cm³/mol. The molecule has 0 bridgehead atoms. The molecule has 1 amide bonds. The molecule has 0 aliphatic rings. The largest absolute Gasteiger partial charge is 0.492 e.